The van der Waals surface area contributed by atoms with Crippen molar-refractivity contribution in [3.8, 4) is 0 Å². The van der Waals surface area contributed by atoms with E-state index >= 15 is 0 Å². The zero-order chi connectivity index (χ0) is 12.8. The quantitative estimate of drug-likeness (QED) is 0.921. The average molecular weight is 287 g/mol. The molecule has 2 fully saturated rings. The second-order valence-corrected chi connectivity index (χ2v) is 8.19. The van der Waals surface area contributed by atoms with Gasteiger partial charge in [0.05, 0.1) is 11.6 Å². The first-order valence-electron chi connectivity index (χ1n) is 6.20. The molecule has 1 aliphatic heterocycles. The third kappa shape index (κ3) is 2.22. The Morgan fingerprint density at radius 2 is 2.28 bits per heavy atom. The maximum absolute atomic E-state index is 12.3. The molecular weight excluding hydrogens is 270 g/mol. The van der Waals surface area contributed by atoms with Gasteiger partial charge >= 0.3 is 0 Å². The molecule has 0 bridgehead atoms. The highest BCUT2D eigenvalue weighted by Gasteiger charge is 2.50. The van der Waals surface area contributed by atoms with E-state index in [9.17, 15) is 8.42 Å². The summed E-state index contributed by atoms with van der Waals surface area (Å²) in [4.78, 5) is 0. The minimum absolute atomic E-state index is 0.0345. The second kappa shape index (κ2) is 4.30. The number of ether oxygens (including phenoxy) is 1. The maximum Gasteiger partial charge on any atom is 0.250 e. The highest BCUT2D eigenvalue weighted by molar-refractivity contribution is 7.91. The Bertz CT molecular complexity index is 522. The first kappa shape index (κ1) is 12.6. The molecule has 3 rings (SSSR count). The Morgan fingerprint density at radius 3 is 2.89 bits per heavy atom. The first-order chi connectivity index (χ1) is 8.51. The van der Waals surface area contributed by atoms with Crippen LogP contribution in [0.5, 0.6) is 0 Å². The van der Waals surface area contributed by atoms with Crippen molar-refractivity contribution in [3.05, 3.63) is 17.5 Å². The zero-order valence-corrected chi connectivity index (χ0v) is 11.9. The van der Waals surface area contributed by atoms with Crippen molar-refractivity contribution in [2.75, 3.05) is 6.61 Å². The maximum atomic E-state index is 12.3. The van der Waals surface area contributed by atoms with E-state index in [1.165, 1.54) is 11.3 Å². The average Bonchev–Trinajstić information content (AvgIpc) is 2.83. The van der Waals surface area contributed by atoms with E-state index in [2.05, 4.69) is 4.72 Å². The van der Waals surface area contributed by atoms with Gasteiger partial charge in [0.15, 0.2) is 0 Å². The number of hydrogen-bond donors (Lipinski definition) is 1. The minimum Gasteiger partial charge on any atom is -0.376 e. The third-order valence-corrected chi connectivity index (χ3v) is 6.73. The SMILES string of the molecule is C[C@]1(NS(=O)(=O)c2cccs2)CCO[C@@H]1C1CC1. The van der Waals surface area contributed by atoms with Crippen molar-refractivity contribution in [1.29, 1.82) is 0 Å². The van der Waals surface area contributed by atoms with E-state index in [4.69, 9.17) is 4.74 Å². The van der Waals surface area contributed by atoms with Crippen molar-refractivity contribution in [2.24, 2.45) is 5.92 Å². The smallest absolute Gasteiger partial charge is 0.250 e. The highest BCUT2D eigenvalue weighted by atomic mass is 32.2. The van der Waals surface area contributed by atoms with Crippen LogP contribution in [0, 0.1) is 5.92 Å². The van der Waals surface area contributed by atoms with Gasteiger partial charge in [-0.25, -0.2) is 13.1 Å². The van der Waals surface area contributed by atoms with Crippen LogP contribution in [0.15, 0.2) is 21.7 Å². The predicted octanol–water partition coefficient (Wildman–Crippen LogP) is 1.98. The molecule has 6 heteroatoms. The number of sulfonamides is 1. The van der Waals surface area contributed by atoms with Crippen LogP contribution in [0.4, 0.5) is 0 Å². The normalized spacial score (nSPS) is 32.8. The molecule has 2 aliphatic rings. The summed E-state index contributed by atoms with van der Waals surface area (Å²) >= 11 is 1.25. The summed E-state index contributed by atoms with van der Waals surface area (Å²) in [6, 6.07) is 3.39. The van der Waals surface area contributed by atoms with Crippen molar-refractivity contribution in [2.45, 2.75) is 42.0 Å². The first-order valence-corrected chi connectivity index (χ1v) is 8.57. The molecule has 2 heterocycles. The van der Waals surface area contributed by atoms with Gasteiger partial charge in [-0.1, -0.05) is 6.07 Å². The van der Waals surface area contributed by atoms with Gasteiger partial charge in [0.25, 0.3) is 10.0 Å². The molecule has 0 aromatic carbocycles. The second-order valence-electron chi connectivity index (χ2n) is 5.33. The lowest BCUT2D eigenvalue weighted by molar-refractivity contribution is 0.0629. The lowest BCUT2D eigenvalue weighted by atomic mass is 9.92. The minimum atomic E-state index is -3.41. The summed E-state index contributed by atoms with van der Waals surface area (Å²) in [7, 11) is -3.41. The Kier molecular flexibility index (Phi) is 3.01. The molecule has 0 radical (unpaired) electrons. The molecule has 0 amide bonds. The molecule has 1 aromatic rings. The van der Waals surface area contributed by atoms with Crippen LogP contribution >= 0.6 is 11.3 Å². The number of hydrogen-bond acceptors (Lipinski definition) is 4. The van der Waals surface area contributed by atoms with Crippen molar-refractivity contribution < 1.29 is 13.2 Å². The van der Waals surface area contributed by atoms with E-state index in [0.717, 1.165) is 19.3 Å². The molecule has 100 valence electrons. The molecule has 4 nitrogen and oxygen atoms in total. The van der Waals surface area contributed by atoms with Gasteiger partial charge in [-0.15, -0.1) is 11.3 Å². The van der Waals surface area contributed by atoms with E-state index in [0.29, 0.717) is 16.7 Å². The van der Waals surface area contributed by atoms with Gasteiger partial charge in [0.1, 0.15) is 4.21 Å². The topological polar surface area (TPSA) is 55.4 Å². The summed E-state index contributed by atoms with van der Waals surface area (Å²) < 4.78 is 33.5. The molecule has 0 spiro atoms. The molecule has 1 N–H and O–H groups in total. The van der Waals surface area contributed by atoms with Gasteiger partial charge in [0.2, 0.25) is 0 Å². The monoisotopic (exact) mass is 287 g/mol. The Balaban J connectivity index is 1.83. The van der Waals surface area contributed by atoms with Crippen LogP contribution in [0.3, 0.4) is 0 Å². The molecule has 1 saturated carbocycles. The molecule has 1 saturated heterocycles. The van der Waals surface area contributed by atoms with Crippen molar-refractivity contribution >= 4 is 21.4 Å². The van der Waals surface area contributed by atoms with Crippen molar-refractivity contribution in [3.63, 3.8) is 0 Å². The van der Waals surface area contributed by atoms with Crippen LogP contribution < -0.4 is 4.72 Å². The number of nitrogens with one attached hydrogen (secondary N) is 1. The van der Waals surface area contributed by atoms with E-state index in [1.54, 1.807) is 17.5 Å². The number of thiophene rings is 1. The fourth-order valence-electron chi connectivity index (χ4n) is 2.66. The molecule has 18 heavy (non-hydrogen) atoms. The van der Waals surface area contributed by atoms with E-state index < -0.39 is 15.6 Å². The van der Waals surface area contributed by atoms with Gasteiger partial charge in [-0.3, -0.25) is 0 Å². The lowest BCUT2D eigenvalue weighted by Crippen LogP contribution is -2.52. The van der Waals surface area contributed by atoms with Gasteiger partial charge < -0.3 is 4.74 Å². The molecular formula is C12H17NO3S2. The molecule has 1 aromatic heterocycles. The Labute approximate surface area is 111 Å². The van der Waals surface area contributed by atoms with Gasteiger partial charge in [-0.2, -0.15) is 0 Å². The summed E-state index contributed by atoms with van der Waals surface area (Å²) in [5.74, 6) is 0.531. The van der Waals surface area contributed by atoms with Crippen LogP contribution in [-0.4, -0.2) is 26.7 Å². The molecule has 1 aliphatic carbocycles. The van der Waals surface area contributed by atoms with Crippen LogP contribution in [0.2, 0.25) is 0 Å². The molecule has 2 atom stereocenters. The van der Waals surface area contributed by atoms with E-state index in [-0.39, 0.29) is 6.10 Å². The lowest BCUT2D eigenvalue weighted by Gasteiger charge is -2.30. The Morgan fingerprint density at radius 1 is 1.50 bits per heavy atom. The van der Waals surface area contributed by atoms with Gasteiger partial charge in [0, 0.05) is 6.61 Å². The van der Waals surface area contributed by atoms with Crippen LogP contribution in [0.1, 0.15) is 26.2 Å². The van der Waals surface area contributed by atoms with Gasteiger partial charge in [-0.05, 0) is 43.6 Å². The molecule has 0 unspecified atom stereocenters. The van der Waals surface area contributed by atoms with Crippen LogP contribution in [0.25, 0.3) is 0 Å². The largest absolute Gasteiger partial charge is 0.376 e. The Hall–Kier alpha value is -0.430. The zero-order valence-electron chi connectivity index (χ0n) is 10.3. The predicted molar refractivity (Wildman–Crippen MR) is 70.1 cm³/mol. The summed E-state index contributed by atoms with van der Waals surface area (Å²) in [5, 5.41) is 1.78. The van der Waals surface area contributed by atoms with E-state index in [1.807, 2.05) is 6.92 Å². The highest BCUT2D eigenvalue weighted by Crippen LogP contribution is 2.43. The van der Waals surface area contributed by atoms with Crippen molar-refractivity contribution in [1.82, 2.24) is 4.72 Å². The summed E-state index contributed by atoms with van der Waals surface area (Å²) in [5.41, 5.74) is -0.454. The van der Waals surface area contributed by atoms with Crippen LogP contribution in [-0.2, 0) is 14.8 Å². The third-order valence-electron chi connectivity index (χ3n) is 3.72. The summed E-state index contributed by atoms with van der Waals surface area (Å²) in [6.45, 7) is 2.61. The standard InChI is InChI=1S/C12H17NO3S2/c1-12(6-7-16-11(12)9-4-5-9)13-18(14,15)10-3-2-8-17-10/h2-3,8-9,11,13H,4-7H2,1H3/t11-,12+/m1/s1. The summed E-state index contributed by atoms with van der Waals surface area (Å²) in [6.07, 6.45) is 3.09. The fraction of sp³-hybridized carbons (Fsp3) is 0.667. The number of rotatable bonds is 4. The fourth-order valence-corrected chi connectivity index (χ4v) is 5.10.